The molecule has 73 heavy (non-hydrogen) atoms. The van der Waals surface area contributed by atoms with Crippen molar-refractivity contribution in [3.8, 4) is 0 Å². The normalized spacial score (nSPS) is 27.8. The molecule has 5 heteroatoms. The first-order valence-corrected chi connectivity index (χ1v) is 28.8. The molecule has 5 aliphatic carbocycles. The zero-order chi connectivity index (χ0) is 51.1. The van der Waals surface area contributed by atoms with Gasteiger partial charge in [0.05, 0.1) is 11.7 Å². The monoisotopic (exact) mass is 980 g/mol. The molecule has 3 aliphatic heterocycles. The number of benzene rings is 4. The lowest BCUT2D eigenvalue weighted by Crippen LogP contribution is -2.63. The Morgan fingerprint density at radius 1 is 0.658 bits per heavy atom. The van der Waals surface area contributed by atoms with Crippen LogP contribution in [-0.4, -0.2) is 12.8 Å². The summed E-state index contributed by atoms with van der Waals surface area (Å²) in [7, 11) is 0. The second kappa shape index (κ2) is 15.7. The molecule has 13 rings (SSSR count). The Balaban J connectivity index is 1.19. The Morgan fingerprint density at radius 2 is 1.32 bits per heavy atom. The van der Waals surface area contributed by atoms with Crippen LogP contribution < -0.4 is 24.9 Å². The van der Waals surface area contributed by atoms with E-state index in [-0.39, 0.29) is 45.2 Å². The van der Waals surface area contributed by atoms with E-state index in [2.05, 4.69) is 250 Å². The van der Waals surface area contributed by atoms with Crippen molar-refractivity contribution in [2.24, 2.45) is 45.3 Å². The Hall–Kier alpha value is -5.26. The van der Waals surface area contributed by atoms with Crippen LogP contribution in [0.2, 0.25) is 0 Å². The summed E-state index contributed by atoms with van der Waals surface area (Å²) in [4.78, 5) is 8.36. The number of anilines is 6. The molecule has 2 saturated carbocycles. The minimum Gasteiger partial charge on any atom is -0.334 e. The summed E-state index contributed by atoms with van der Waals surface area (Å²) in [6.45, 7) is 35.1. The zero-order valence-corrected chi connectivity index (χ0v) is 47.2. The van der Waals surface area contributed by atoms with Crippen LogP contribution in [0.1, 0.15) is 140 Å². The van der Waals surface area contributed by atoms with Crippen LogP contribution >= 0.6 is 11.3 Å². The molecule has 2 fully saturated rings. The van der Waals surface area contributed by atoms with Gasteiger partial charge in [0, 0.05) is 60.6 Å². The van der Waals surface area contributed by atoms with Crippen LogP contribution in [0.3, 0.4) is 0 Å². The lowest BCUT2D eigenvalue weighted by molar-refractivity contribution is -0.0236. The highest BCUT2D eigenvalue weighted by Gasteiger charge is 2.65. The number of nitrogens with zero attached hydrogens (tertiary/aromatic N) is 3. The number of thiophene rings is 1. The predicted molar refractivity (Wildman–Crippen MR) is 316 cm³/mol. The lowest BCUT2D eigenvalue weighted by Gasteiger charge is -2.67. The fourth-order valence-electron chi connectivity index (χ4n) is 15.9. The topological polar surface area (TPSA) is 9.72 Å². The maximum absolute atomic E-state index is 2.96. The molecule has 8 aliphatic rings. The largest absolute Gasteiger partial charge is 0.334 e. The van der Waals surface area contributed by atoms with Crippen molar-refractivity contribution in [2.45, 2.75) is 146 Å². The quantitative estimate of drug-likeness (QED) is 0.166. The van der Waals surface area contributed by atoms with Crippen LogP contribution in [0.5, 0.6) is 0 Å². The number of rotatable bonds is 4. The molecule has 0 radical (unpaired) electrons. The van der Waals surface area contributed by atoms with Gasteiger partial charge in [-0.2, -0.15) is 0 Å². The van der Waals surface area contributed by atoms with Gasteiger partial charge in [-0.15, -0.1) is 11.3 Å². The van der Waals surface area contributed by atoms with Gasteiger partial charge in [0.25, 0.3) is 6.71 Å². The summed E-state index contributed by atoms with van der Waals surface area (Å²) in [6, 6.07) is 33.8. The third-order valence-corrected chi connectivity index (χ3v) is 21.3. The fraction of sp³-hybridized carbons (Fsp3) is 0.441. The van der Waals surface area contributed by atoms with Crippen molar-refractivity contribution >= 4 is 72.5 Å². The highest BCUT2D eigenvalue weighted by molar-refractivity contribution is 7.33. The molecule has 0 saturated heterocycles. The van der Waals surface area contributed by atoms with Crippen molar-refractivity contribution in [1.29, 1.82) is 0 Å². The number of hydrogen-bond donors (Lipinski definition) is 0. The third-order valence-electron chi connectivity index (χ3n) is 20.1. The SMILES string of the molecule is CC1=CC2C(C3=C1N1C4=C(C=CC5C4C3(C)CCC5(C)C)B3c4sc5ccc(C(C)(C)C)cc5c4N(c4ccc(C(C)(C)C)cc4)c4cc(N(c5ccccc5)[C@H]5C=CC=CC5)cc1c43)C(C)(C)CCC2(C)C. The van der Waals surface area contributed by atoms with Crippen molar-refractivity contribution in [2.75, 3.05) is 14.7 Å². The number of allylic oxidation sites excluding steroid dienone is 9. The van der Waals surface area contributed by atoms with Crippen LogP contribution in [-0.2, 0) is 10.8 Å². The van der Waals surface area contributed by atoms with Gasteiger partial charge in [-0.05, 0) is 171 Å². The first-order chi connectivity index (χ1) is 34.5. The second-order valence-electron chi connectivity index (χ2n) is 28.1. The minimum atomic E-state index is 0.00256. The van der Waals surface area contributed by atoms with Crippen LogP contribution in [0.25, 0.3) is 10.1 Å². The molecule has 6 atom stereocenters. The molecule has 0 bridgehead atoms. The molecule has 3 nitrogen and oxygen atoms in total. The van der Waals surface area contributed by atoms with Crippen LogP contribution in [0.15, 0.2) is 155 Å². The summed E-state index contributed by atoms with van der Waals surface area (Å²) >= 11 is 2.06. The molecular formula is C68H78BN3S. The molecule has 0 spiro atoms. The van der Waals surface area contributed by atoms with Gasteiger partial charge < -0.3 is 14.7 Å². The molecule has 1 aromatic heterocycles. The maximum Gasteiger partial charge on any atom is 0.264 e. The van der Waals surface area contributed by atoms with E-state index in [1.807, 2.05) is 0 Å². The van der Waals surface area contributed by atoms with Crippen molar-refractivity contribution in [1.82, 2.24) is 0 Å². The molecular weight excluding hydrogens is 902 g/mol. The van der Waals surface area contributed by atoms with Gasteiger partial charge >= 0.3 is 0 Å². The van der Waals surface area contributed by atoms with Gasteiger partial charge in [-0.25, -0.2) is 0 Å². The average Bonchev–Trinajstić information content (AvgIpc) is 3.72. The van der Waals surface area contributed by atoms with Crippen LogP contribution in [0.4, 0.5) is 34.1 Å². The fourth-order valence-corrected chi connectivity index (χ4v) is 17.2. The molecule has 4 heterocycles. The summed E-state index contributed by atoms with van der Waals surface area (Å²) in [6.07, 6.45) is 23.4. The molecule has 5 aromatic rings. The van der Waals surface area contributed by atoms with E-state index in [0.717, 1.165) is 6.42 Å². The van der Waals surface area contributed by atoms with E-state index < -0.39 is 0 Å². The van der Waals surface area contributed by atoms with Crippen molar-refractivity contribution in [3.63, 3.8) is 0 Å². The highest BCUT2D eigenvalue weighted by atomic mass is 32.1. The molecule has 5 unspecified atom stereocenters. The Morgan fingerprint density at radius 3 is 2.00 bits per heavy atom. The summed E-state index contributed by atoms with van der Waals surface area (Å²) < 4.78 is 2.85. The molecule has 4 aromatic carbocycles. The highest BCUT2D eigenvalue weighted by Crippen LogP contribution is 2.72. The smallest absolute Gasteiger partial charge is 0.264 e. The Bertz CT molecular complexity index is 3340. The molecule has 374 valence electrons. The van der Waals surface area contributed by atoms with Crippen molar-refractivity contribution < 1.29 is 0 Å². The second-order valence-corrected chi connectivity index (χ2v) is 29.2. The van der Waals surface area contributed by atoms with Crippen molar-refractivity contribution in [3.05, 3.63) is 167 Å². The number of fused-ring (bicyclic) bond motifs is 10. The predicted octanol–water partition coefficient (Wildman–Crippen LogP) is 17.5. The van der Waals surface area contributed by atoms with Gasteiger partial charge in [0.1, 0.15) is 0 Å². The van der Waals surface area contributed by atoms with E-state index >= 15 is 0 Å². The van der Waals surface area contributed by atoms with E-state index in [1.54, 1.807) is 11.3 Å². The zero-order valence-electron chi connectivity index (χ0n) is 46.4. The van der Waals surface area contributed by atoms with Gasteiger partial charge in [-0.1, -0.05) is 169 Å². The van der Waals surface area contributed by atoms with Gasteiger partial charge in [0.2, 0.25) is 0 Å². The van der Waals surface area contributed by atoms with Crippen LogP contribution in [0, 0.1) is 45.3 Å². The van der Waals surface area contributed by atoms with E-state index in [1.165, 1.54) is 108 Å². The lowest BCUT2D eigenvalue weighted by atomic mass is 9.32. The number of para-hydroxylation sites is 1. The molecule has 0 N–H and O–H groups in total. The standard InChI is InChI=1S/C68H78BN3S/c1-41-37-50-55(67(12,13)34-33-66(50,10)11)57-59(41)72-53-40-47(70(44-21-17-15-18-22-44)45-23-19-16-20-24-45)39-52-58(53)69(51-31-30-49-56(61(51)72)68(57,14)36-35-65(49,8)9)62-60(48-38-43(64(5,6)7)27-32-54(48)73-62)71(52)46-28-25-42(26-29-46)63(2,3)4/h15-23,25-32,37-40,45,49-50,55-56H,24,33-36H2,1-14H3/t45-,49?,50?,55?,56?,68?/m0/s1. The van der Waals surface area contributed by atoms with E-state index in [9.17, 15) is 0 Å². The number of hydrogen-bond acceptors (Lipinski definition) is 4. The summed E-state index contributed by atoms with van der Waals surface area (Å²) in [5.74, 6) is 1.73. The molecule has 0 amide bonds. The Labute approximate surface area is 442 Å². The van der Waals surface area contributed by atoms with E-state index in [0.29, 0.717) is 23.7 Å². The summed E-state index contributed by atoms with van der Waals surface area (Å²) in [5, 5.41) is 1.37. The van der Waals surface area contributed by atoms with Gasteiger partial charge in [0.15, 0.2) is 0 Å². The first kappa shape index (κ1) is 47.5. The third kappa shape index (κ3) is 6.81. The van der Waals surface area contributed by atoms with Gasteiger partial charge in [-0.3, -0.25) is 0 Å². The minimum absolute atomic E-state index is 0.00256. The van der Waals surface area contributed by atoms with E-state index in [4.69, 9.17) is 0 Å². The average molecular weight is 980 g/mol. The maximum atomic E-state index is 2.96. The summed E-state index contributed by atoms with van der Waals surface area (Å²) in [5.41, 5.74) is 20.4. The first-order valence-electron chi connectivity index (χ1n) is 28.0. The Kier molecular flexibility index (Phi) is 10.2.